The molecule has 1 saturated heterocycles. The van der Waals surface area contributed by atoms with Crippen molar-refractivity contribution < 1.29 is 28.6 Å². The zero-order valence-corrected chi connectivity index (χ0v) is 14.6. The molecule has 1 aliphatic rings. The first kappa shape index (κ1) is 18.6. The van der Waals surface area contributed by atoms with Crippen LogP contribution in [-0.4, -0.2) is 74.6 Å². The van der Waals surface area contributed by atoms with Crippen LogP contribution in [0.5, 0.6) is 11.5 Å². The Morgan fingerprint density at radius 1 is 1.04 bits per heavy atom. The molecule has 1 heterocycles. The third-order valence-electron chi connectivity index (χ3n) is 4.02. The Morgan fingerprint density at radius 3 is 2.24 bits per heavy atom. The number of carbonyl (C=O) groups is 3. The monoisotopic (exact) mass is 350 g/mol. The van der Waals surface area contributed by atoms with Crippen molar-refractivity contribution in [3.63, 3.8) is 0 Å². The van der Waals surface area contributed by atoms with E-state index in [1.54, 1.807) is 15.9 Å². The second-order valence-electron chi connectivity index (χ2n) is 5.53. The summed E-state index contributed by atoms with van der Waals surface area (Å²) >= 11 is 0. The maximum absolute atomic E-state index is 12.3. The minimum absolute atomic E-state index is 0.00227. The summed E-state index contributed by atoms with van der Waals surface area (Å²) in [6, 6.07) is 4.67. The van der Waals surface area contributed by atoms with Crippen molar-refractivity contribution in [2.75, 3.05) is 47.0 Å². The van der Waals surface area contributed by atoms with Crippen LogP contribution in [0.15, 0.2) is 18.2 Å². The largest absolute Gasteiger partial charge is 0.497 e. The van der Waals surface area contributed by atoms with Crippen molar-refractivity contribution in [3.8, 4) is 11.5 Å². The number of esters is 1. The van der Waals surface area contributed by atoms with Crippen LogP contribution in [0.4, 0.5) is 0 Å². The molecule has 0 N–H and O–H groups in total. The summed E-state index contributed by atoms with van der Waals surface area (Å²) in [5.41, 5.74) is 0.220. The molecule has 0 saturated carbocycles. The smallest absolute Gasteiger partial charge is 0.341 e. The molecule has 8 nitrogen and oxygen atoms in total. The fourth-order valence-electron chi connectivity index (χ4n) is 2.53. The van der Waals surface area contributed by atoms with Crippen LogP contribution in [-0.2, 0) is 14.3 Å². The normalized spacial score (nSPS) is 14.0. The van der Waals surface area contributed by atoms with Crippen LogP contribution >= 0.6 is 0 Å². The Bertz CT molecular complexity index is 653. The van der Waals surface area contributed by atoms with Gasteiger partial charge in [-0.2, -0.15) is 0 Å². The van der Waals surface area contributed by atoms with Crippen molar-refractivity contribution in [2.24, 2.45) is 0 Å². The second-order valence-corrected chi connectivity index (χ2v) is 5.53. The van der Waals surface area contributed by atoms with Crippen molar-refractivity contribution >= 4 is 17.8 Å². The van der Waals surface area contributed by atoms with Crippen molar-refractivity contribution in [1.29, 1.82) is 0 Å². The van der Waals surface area contributed by atoms with Gasteiger partial charge >= 0.3 is 5.97 Å². The van der Waals surface area contributed by atoms with Gasteiger partial charge in [-0.05, 0) is 12.1 Å². The molecule has 1 aromatic carbocycles. The fourth-order valence-corrected chi connectivity index (χ4v) is 2.53. The maximum Gasteiger partial charge on any atom is 0.341 e. The highest BCUT2D eigenvalue weighted by Gasteiger charge is 2.23. The molecule has 1 aromatic rings. The summed E-state index contributed by atoms with van der Waals surface area (Å²) in [6.45, 7) is 3.24. The molecule has 0 aliphatic carbocycles. The first-order valence-corrected chi connectivity index (χ1v) is 7.88. The van der Waals surface area contributed by atoms with Crippen molar-refractivity contribution in [3.05, 3.63) is 23.8 Å². The van der Waals surface area contributed by atoms with Gasteiger partial charge in [0.1, 0.15) is 17.1 Å². The molecule has 0 unspecified atom stereocenters. The topological polar surface area (TPSA) is 85.4 Å². The van der Waals surface area contributed by atoms with E-state index in [1.807, 2.05) is 0 Å². The number of nitrogens with zero attached hydrogens (tertiary/aromatic N) is 2. The molecule has 0 radical (unpaired) electrons. The lowest BCUT2D eigenvalue weighted by Gasteiger charge is -2.34. The summed E-state index contributed by atoms with van der Waals surface area (Å²) in [4.78, 5) is 38.8. The molecular weight excluding hydrogens is 328 g/mol. The van der Waals surface area contributed by atoms with E-state index in [0.717, 1.165) is 0 Å². The van der Waals surface area contributed by atoms with E-state index in [2.05, 4.69) is 0 Å². The Hall–Kier alpha value is -2.77. The van der Waals surface area contributed by atoms with E-state index in [1.165, 1.54) is 33.3 Å². The van der Waals surface area contributed by atoms with E-state index < -0.39 is 5.97 Å². The quantitative estimate of drug-likeness (QED) is 0.721. The van der Waals surface area contributed by atoms with Crippen LogP contribution in [0.3, 0.4) is 0 Å². The Kier molecular flexibility index (Phi) is 6.21. The van der Waals surface area contributed by atoms with Crippen molar-refractivity contribution in [1.82, 2.24) is 9.80 Å². The number of benzene rings is 1. The standard InChI is InChI=1S/C17H22N2O6/c1-12(20)18-6-8-19(9-7-18)16(21)11-25-15-10-13(23-2)4-5-14(15)17(22)24-3/h4-5,10H,6-9,11H2,1-3H3. The number of hydrogen-bond donors (Lipinski definition) is 0. The lowest BCUT2D eigenvalue weighted by atomic mass is 10.2. The van der Waals surface area contributed by atoms with E-state index in [-0.39, 0.29) is 29.7 Å². The van der Waals surface area contributed by atoms with Crippen molar-refractivity contribution in [2.45, 2.75) is 6.92 Å². The zero-order chi connectivity index (χ0) is 18.4. The summed E-state index contributed by atoms with van der Waals surface area (Å²) in [6.07, 6.45) is 0. The number of methoxy groups -OCH3 is 2. The SMILES string of the molecule is COC(=O)c1ccc(OC)cc1OCC(=O)N1CCN(C(C)=O)CC1. The zero-order valence-electron chi connectivity index (χ0n) is 14.6. The number of carbonyl (C=O) groups excluding carboxylic acids is 3. The first-order valence-electron chi connectivity index (χ1n) is 7.88. The molecule has 2 rings (SSSR count). The maximum atomic E-state index is 12.3. The number of rotatable bonds is 5. The predicted octanol–water partition coefficient (Wildman–Crippen LogP) is 0.551. The molecular formula is C17H22N2O6. The van der Waals surface area contributed by atoms with Crippen LogP contribution in [0.25, 0.3) is 0 Å². The third kappa shape index (κ3) is 4.62. The van der Waals surface area contributed by atoms with Crippen LogP contribution < -0.4 is 9.47 Å². The Labute approximate surface area is 146 Å². The van der Waals surface area contributed by atoms with Gasteiger partial charge in [0.25, 0.3) is 5.91 Å². The molecule has 0 spiro atoms. The van der Waals surface area contributed by atoms with Crippen LogP contribution in [0.2, 0.25) is 0 Å². The lowest BCUT2D eigenvalue weighted by Crippen LogP contribution is -2.51. The van der Waals surface area contributed by atoms with Gasteiger partial charge < -0.3 is 24.0 Å². The van der Waals surface area contributed by atoms with Crippen LogP contribution in [0.1, 0.15) is 17.3 Å². The number of ether oxygens (including phenoxy) is 3. The predicted molar refractivity (Wildman–Crippen MR) is 88.7 cm³/mol. The summed E-state index contributed by atoms with van der Waals surface area (Å²) in [7, 11) is 2.77. The first-order chi connectivity index (χ1) is 12.0. The van der Waals surface area contributed by atoms with Gasteiger partial charge in [-0.1, -0.05) is 0 Å². The summed E-state index contributed by atoms with van der Waals surface area (Å²) in [5, 5.41) is 0. The number of hydrogen-bond acceptors (Lipinski definition) is 6. The molecule has 1 aliphatic heterocycles. The summed E-state index contributed by atoms with van der Waals surface area (Å²) < 4.78 is 15.4. The van der Waals surface area contributed by atoms with E-state index in [0.29, 0.717) is 31.9 Å². The summed E-state index contributed by atoms with van der Waals surface area (Å²) in [5.74, 6) is -0.0310. The van der Waals surface area contributed by atoms with Gasteiger partial charge in [0.05, 0.1) is 14.2 Å². The van der Waals surface area contributed by atoms with Gasteiger partial charge in [-0.15, -0.1) is 0 Å². The molecule has 0 aromatic heterocycles. The number of amides is 2. The second kappa shape index (κ2) is 8.36. The molecule has 8 heteroatoms. The molecule has 136 valence electrons. The molecule has 0 bridgehead atoms. The Morgan fingerprint density at radius 2 is 1.68 bits per heavy atom. The molecule has 2 amide bonds. The minimum Gasteiger partial charge on any atom is -0.497 e. The fraction of sp³-hybridized carbons (Fsp3) is 0.471. The third-order valence-corrected chi connectivity index (χ3v) is 4.02. The van der Waals surface area contributed by atoms with E-state index in [4.69, 9.17) is 14.2 Å². The molecule has 1 fully saturated rings. The van der Waals surface area contributed by atoms with Gasteiger partial charge in [-0.3, -0.25) is 9.59 Å². The van der Waals surface area contributed by atoms with Crippen LogP contribution in [0, 0.1) is 0 Å². The molecule has 25 heavy (non-hydrogen) atoms. The molecule has 0 atom stereocenters. The average Bonchev–Trinajstić information content (AvgIpc) is 2.65. The van der Waals surface area contributed by atoms with Gasteiger partial charge in [0.15, 0.2) is 6.61 Å². The van der Waals surface area contributed by atoms with E-state index in [9.17, 15) is 14.4 Å². The average molecular weight is 350 g/mol. The lowest BCUT2D eigenvalue weighted by molar-refractivity contribution is -0.139. The van der Waals surface area contributed by atoms with Gasteiger partial charge in [0, 0.05) is 39.2 Å². The van der Waals surface area contributed by atoms with Gasteiger partial charge in [0.2, 0.25) is 5.91 Å². The minimum atomic E-state index is -0.555. The number of piperazine rings is 1. The highest BCUT2D eigenvalue weighted by atomic mass is 16.5. The van der Waals surface area contributed by atoms with E-state index >= 15 is 0 Å². The highest BCUT2D eigenvalue weighted by Crippen LogP contribution is 2.25. The van der Waals surface area contributed by atoms with Gasteiger partial charge in [-0.25, -0.2) is 4.79 Å². The Balaban J connectivity index is 1.99. The highest BCUT2D eigenvalue weighted by molar-refractivity contribution is 5.93.